The number of carbonyl (C=O) groups excluding carboxylic acids is 3. The normalized spacial score (nSPS) is 15.2. The van der Waals surface area contributed by atoms with Crippen molar-refractivity contribution in [2.45, 2.75) is 13.5 Å². The number of hydrogen-bond acceptors (Lipinski definition) is 6. The first-order valence-corrected chi connectivity index (χ1v) is 9.39. The number of benzene rings is 2. The average Bonchev–Trinajstić information content (AvgIpc) is 2.95. The first kappa shape index (κ1) is 19.7. The first-order chi connectivity index (χ1) is 13.5. The molecule has 0 radical (unpaired) electrons. The van der Waals surface area contributed by atoms with E-state index >= 15 is 0 Å². The van der Waals surface area contributed by atoms with Crippen LogP contribution in [0.4, 0.5) is 4.79 Å². The van der Waals surface area contributed by atoms with Crippen LogP contribution in [0.2, 0.25) is 0 Å². The van der Waals surface area contributed by atoms with Gasteiger partial charge in [0.05, 0.1) is 12.0 Å². The maximum atomic E-state index is 12.5. The van der Waals surface area contributed by atoms with Crippen LogP contribution in [-0.2, 0) is 20.9 Å². The van der Waals surface area contributed by atoms with Crippen LogP contribution in [0.1, 0.15) is 16.7 Å². The molecule has 0 N–H and O–H groups in total. The molecule has 28 heavy (non-hydrogen) atoms. The van der Waals surface area contributed by atoms with Gasteiger partial charge in [-0.15, -0.1) is 0 Å². The van der Waals surface area contributed by atoms with E-state index in [0.717, 1.165) is 22.2 Å². The number of carbonyl (C=O) groups is 3. The van der Waals surface area contributed by atoms with Crippen LogP contribution in [0.25, 0.3) is 6.08 Å². The number of imide groups is 1. The number of esters is 1. The Hall–Kier alpha value is -3.06. The van der Waals surface area contributed by atoms with Crippen molar-refractivity contribution in [1.29, 1.82) is 0 Å². The molecule has 7 heteroatoms. The molecule has 1 fully saturated rings. The second-order valence-corrected chi connectivity index (χ2v) is 7.15. The number of ether oxygens (including phenoxy) is 2. The number of rotatable bonds is 6. The Morgan fingerprint density at radius 2 is 1.82 bits per heavy atom. The Labute approximate surface area is 167 Å². The van der Waals surface area contributed by atoms with Gasteiger partial charge in [0.2, 0.25) is 0 Å². The molecule has 2 aromatic carbocycles. The van der Waals surface area contributed by atoms with E-state index in [-0.39, 0.29) is 4.91 Å². The first-order valence-electron chi connectivity index (χ1n) is 8.57. The van der Waals surface area contributed by atoms with Crippen molar-refractivity contribution in [3.05, 3.63) is 70.1 Å². The maximum absolute atomic E-state index is 12.5. The monoisotopic (exact) mass is 397 g/mol. The molecular weight excluding hydrogens is 378 g/mol. The Bertz CT molecular complexity index is 936. The lowest BCUT2D eigenvalue weighted by atomic mass is 10.1. The fourth-order valence-electron chi connectivity index (χ4n) is 2.55. The van der Waals surface area contributed by atoms with Gasteiger partial charge in [-0.25, -0.2) is 0 Å². The summed E-state index contributed by atoms with van der Waals surface area (Å²) in [6.07, 6.45) is 1.60. The Morgan fingerprint density at radius 3 is 2.54 bits per heavy atom. The molecule has 2 amide bonds. The molecule has 0 aliphatic carbocycles. The average molecular weight is 397 g/mol. The van der Waals surface area contributed by atoms with E-state index < -0.39 is 23.7 Å². The quantitative estimate of drug-likeness (QED) is 0.546. The van der Waals surface area contributed by atoms with Gasteiger partial charge in [-0.3, -0.25) is 19.3 Å². The third-order valence-corrected chi connectivity index (χ3v) is 5.02. The van der Waals surface area contributed by atoms with Gasteiger partial charge in [0, 0.05) is 5.56 Å². The molecule has 0 bridgehead atoms. The number of aryl methyl sites for hydroxylation is 1. The van der Waals surface area contributed by atoms with E-state index in [1.165, 1.54) is 12.7 Å². The van der Waals surface area contributed by atoms with Gasteiger partial charge in [-0.2, -0.15) is 0 Å². The molecule has 1 heterocycles. The summed E-state index contributed by atoms with van der Waals surface area (Å²) >= 11 is 0.789. The largest absolute Gasteiger partial charge is 0.488 e. The van der Waals surface area contributed by atoms with E-state index in [4.69, 9.17) is 4.74 Å². The summed E-state index contributed by atoms with van der Waals surface area (Å²) in [7, 11) is 1.21. The van der Waals surface area contributed by atoms with Gasteiger partial charge in [0.25, 0.3) is 11.1 Å². The fourth-order valence-corrected chi connectivity index (χ4v) is 3.38. The van der Waals surface area contributed by atoms with Gasteiger partial charge < -0.3 is 9.47 Å². The standard InChI is InChI=1S/C21H19NO5S/c1-14-7-9-15(10-8-14)13-27-17-6-4-3-5-16(17)11-18-20(24)22(21(25)28-18)12-19(23)26-2/h3-11H,12-13H2,1-2H3/b18-11+. The van der Waals surface area contributed by atoms with E-state index in [2.05, 4.69) is 4.74 Å². The van der Waals surface area contributed by atoms with Crippen LogP contribution >= 0.6 is 11.8 Å². The molecule has 1 aliphatic heterocycles. The molecule has 144 valence electrons. The van der Waals surface area contributed by atoms with Crippen LogP contribution in [0.5, 0.6) is 5.75 Å². The lowest BCUT2D eigenvalue weighted by molar-refractivity contribution is -0.143. The van der Waals surface area contributed by atoms with Gasteiger partial charge in [-0.05, 0) is 36.4 Å². The van der Waals surface area contributed by atoms with E-state index in [0.29, 0.717) is 17.9 Å². The molecule has 0 unspecified atom stereocenters. The lowest BCUT2D eigenvalue weighted by Crippen LogP contribution is -2.34. The van der Waals surface area contributed by atoms with Crippen LogP contribution < -0.4 is 4.74 Å². The highest BCUT2D eigenvalue weighted by molar-refractivity contribution is 8.18. The van der Waals surface area contributed by atoms with E-state index in [1.54, 1.807) is 18.2 Å². The van der Waals surface area contributed by atoms with Gasteiger partial charge in [-0.1, -0.05) is 48.0 Å². The molecule has 0 atom stereocenters. The van der Waals surface area contributed by atoms with Crippen molar-refractivity contribution in [2.24, 2.45) is 0 Å². The van der Waals surface area contributed by atoms with Gasteiger partial charge in [0.15, 0.2) is 0 Å². The van der Waals surface area contributed by atoms with Gasteiger partial charge >= 0.3 is 5.97 Å². The Balaban J connectivity index is 1.77. The maximum Gasteiger partial charge on any atom is 0.325 e. The summed E-state index contributed by atoms with van der Waals surface area (Å²) in [4.78, 5) is 37.0. The second kappa shape index (κ2) is 8.75. The number of para-hydroxylation sites is 1. The van der Waals surface area contributed by atoms with Crippen molar-refractivity contribution in [1.82, 2.24) is 4.90 Å². The summed E-state index contributed by atoms with van der Waals surface area (Å²) in [5.74, 6) is -0.568. The van der Waals surface area contributed by atoms with Crippen molar-refractivity contribution in [2.75, 3.05) is 13.7 Å². The molecule has 1 aliphatic rings. The molecule has 0 aromatic heterocycles. The molecule has 0 spiro atoms. The summed E-state index contributed by atoms with van der Waals surface area (Å²) < 4.78 is 10.4. The van der Waals surface area contributed by atoms with Crippen LogP contribution in [0.15, 0.2) is 53.4 Å². The van der Waals surface area contributed by atoms with Crippen LogP contribution in [-0.4, -0.2) is 35.7 Å². The van der Waals surface area contributed by atoms with Crippen LogP contribution in [0, 0.1) is 6.92 Å². The van der Waals surface area contributed by atoms with Crippen molar-refractivity contribution < 1.29 is 23.9 Å². The molecule has 2 aromatic rings. The minimum Gasteiger partial charge on any atom is -0.488 e. The fraction of sp³-hybridized carbons (Fsp3) is 0.190. The number of amides is 2. The Kier molecular flexibility index (Phi) is 6.16. The Morgan fingerprint density at radius 1 is 1.11 bits per heavy atom. The predicted molar refractivity (Wildman–Crippen MR) is 107 cm³/mol. The van der Waals surface area contributed by atoms with Gasteiger partial charge in [0.1, 0.15) is 18.9 Å². The highest BCUT2D eigenvalue weighted by Crippen LogP contribution is 2.34. The molecule has 0 saturated carbocycles. The van der Waals surface area contributed by atoms with Crippen molar-refractivity contribution >= 4 is 35.0 Å². The third kappa shape index (κ3) is 4.61. The molecule has 3 rings (SSSR count). The molecular formula is C21H19NO5S. The van der Waals surface area contributed by atoms with Crippen molar-refractivity contribution in [3.63, 3.8) is 0 Å². The summed E-state index contributed by atoms with van der Waals surface area (Å²) in [6, 6.07) is 15.3. The second-order valence-electron chi connectivity index (χ2n) is 6.16. The SMILES string of the molecule is COC(=O)CN1C(=O)S/C(=C/c2ccccc2OCc2ccc(C)cc2)C1=O. The zero-order valence-corrected chi connectivity index (χ0v) is 16.3. The van der Waals surface area contributed by atoms with E-state index in [9.17, 15) is 14.4 Å². The molecule has 6 nitrogen and oxygen atoms in total. The van der Waals surface area contributed by atoms with E-state index in [1.807, 2.05) is 43.3 Å². The molecule has 1 saturated heterocycles. The highest BCUT2D eigenvalue weighted by Gasteiger charge is 2.36. The summed E-state index contributed by atoms with van der Waals surface area (Å²) in [5.41, 5.74) is 2.88. The number of hydrogen-bond donors (Lipinski definition) is 0. The minimum absolute atomic E-state index is 0.236. The minimum atomic E-state index is -0.648. The lowest BCUT2D eigenvalue weighted by Gasteiger charge is -2.11. The highest BCUT2D eigenvalue weighted by atomic mass is 32.2. The summed E-state index contributed by atoms with van der Waals surface area (Å²) in [6.45, 7) is 2.01. The zero-order chi connectivity index (χ0) is 20.1. The number of nitrogens with zero attached hydrogens (tertiary/aromatic N) is 1. The van der Waals surface area contributed by atoms with Crippen molar-refractivity contribution in [3.8, 4) is 5.75 Å². The third-order valence-electron chi connectivity index (χ3n) is 4.11. The number of thioether (sulfide) groups is 1. The smallest absolute Gasteiger partial charge is 0.325 e. The topological polar surface area (TPSA) is 72.9 Å². The predicted octanol–water partition coefficient (Wildman–Crippen LogP) is 3.78. The zero-order valence-electron chi connectivity index (χ0n) is 15.5. The van der Waals surface area contributed by atoms with Crippen LogP contribution in [0.3, 0.4) is 0 Å². The summed E-state index contributed by atoms with van der Waals surface area (Å²) in [5, 5.41) is -0.500. The number of methoxy groups -OCH3 is 1.